The van der Waals surface area contributed by atoms with E-state index in [0.717, 1.165) is 44.9 Å². The number of nitrogens with one attached hydrogen (secondary N) is 2. The van der Waals surface area contributed by atoms with Crippen LogP contribution < -0.4 is 15.5 Å². The summed E-state index contributed by atoms with van der Waals surface area (Å²) in [4.78, 5) is 21.5. The lowest BCUT2D eigenvalue weighted by atomic mass is 9.88. The summed E-state index contributed by atoms with van der Waals surface area (Å²) in [5.41, 5.74) is 1.21. The predicted octanol–water partition coefficient (Wildman–Crippen LogP) is 2.86. The van der Waals surface area contributed by atoms with Crippen LogP contribution in [-0.2, 0) is 4.79 Å². The van der Waals surface area contributed by atoms with Crippen LogP contribution in [0.4, 0.5) is 5.69 Å². The van der Waals surface area contributed by atoms with Gasteiger partial charge in [-0.3, -0.25) is 9.79 Å². The molecular formula is C23H37N5O. The fourth-order valence-electron chi connectivity index (χ4n) is 4.37. The highest BCUT2D eigenvalue weighted by atomic mass is 16.2. The van der Waals surface area contributed by atoms with Crippen molar-refractivity contribution in [3.8, 4) is 0 Å². The van der Waals surface area contributed by atoms with Crippen molar-refractivity contribution in [2.75, 3.05) is 38.6 Å². The summed E-state index contributed by atoms with van der Waals surface area (Å²) in [6, 6.07) is 11.0. The molecule has 1 aliphatic carbocycles. The molecule has 2 unspecified atom stereocenters. The molecule has 1 saturated carbocycles. The van der Waals surface area contributed by atoms with Crippen molar-refractivity contribution in [3.05, 3.63) is 30.3 Å². The highest BCUT2D eigenvalue weighted by Gasteiger charge is 2.31. The Kier molecular flexibility index (Phi) is 7.78. The third-order valence-corrected chi connectivity index (χ3v) is 6.41. The molecule has 0 radical (unpaired) electrons. The number of likely N-dealkylation sites (N-methyl/N-ethyl adjacent to an activating group) is 1. The highest BCUT2D eigenvalue weighted by Crippen LogP contribution is 2.26. The van der Waals surface area contributed by atoms with E-state index in [0.29, 0.717) is 11.9 Å². The van der Waals surface area contributed by atoms with E-state index in [1.54, 1.807) is 7.05 Å². The molecule has 1 aromatic carbocycles. The Balaban J connectivity index is 1.43. The summed E-state index contributed by atoms with van der Waals surface area (Å²) in [5, 5.41) is 6.96. The van der Waals surface area contributed by atoms with E-state index < -0.39 is 0 Å². The number of guanidine groups is 1. The number of hydrogen-bond donors (Lipinski definition) is 2. The third-order valence-electron chi connectivity index (χ3n) is 6.41. The zero-order valence-electron chi connectivity index (χ0n) is 18.2. The first-order valence-electron chi connectivity index (χ1n) is 11.1. The van der Waals surface area contributed by atoms with Crippen LogP contribution in [0.5, 0.6) is 0 Å². The first kappa shape index (κ1) is 21.5. The molecule has 1 amide bonds. The molecule has 1 saturated heterocycles. The van der Waals surface area contributed by atoms with Crippen molar-refractivity contribution in [1.29, 1.82) is 0 Å². The number of likely N-dealkylation sites (tertiary alicyclic amines) is 1. The van der Waals surface area contributed by atoms with Gasteiger partial charge in [0.1, 0.15) is 0 Å². The number of carbonyl (C=O) groups excluding carboxylic acids is 1. The fraction of sp³-hybridized carbons (Fsp3) is 0.652. The molecule has 6 heteroatoms. The number of amides is 1. The van der Waals surface area contributed by atoms with E-state index in [2.05, 4.69) is 63.7 Å². The quantitative estimate of drug-likeness (QED) is 0.570. The van der Waals surface area contributed by atoms with Crippen LogP contribution in [0, 0.1) is 5.92 Å². The van der Waals surface area contributed by atoms with Crippen molar-refractivity contribution >= 4 is 17.6 Å². The Bertz CT molecular complexity index is 671. The predicted molar refractivity (Wildman–Crippen MR) is 120 cm³/mol. The number of benzene rings is 1. The number of rotatable bonds is 6. The Morgan fingerprint density at radius 2 is 1.93 bits per heavy atom. The van der Waals surface area contributed by atoms with Gasteiger partial charge in [0.15, 0.2) is 5.96 Å². The summed E-state index contributed by atoms with van der Waals surface area (Å²) in [7, 11) is 3.92. The number of carbonyl (C=O) groups is 1. The van der Waals surface area contributed by atoms with Crippen molar-refractivity contribution in [2.24, 2.45) is 10.9 Å². The normalized spacial score (nSPS) is 21.7. The van der Waals surface area contributed by atoms with Gasteiger partial charge >= 0.3 is 0 Å². The van der Waals surface area contributed by atoms with Crippen LogP contribution in [0.3, 0.4) is 0 Å². The van der Waals surface area contributed by atoms with Gasteiger partial charge in [0.25, 0.3) is 0 Å². The minimum atomic E-state index is 0.259. The zero-order chi connectivity index (χ0) is 20.6. The fourth-order valence-corrected chi connectivity index (χ4v) is 4.37. The van der Waals surface area contributed by atoms with Gasteiger partial charge in [-0.25, -0.2) is 0 Å². The van der Waals surface area contributed by atoms with Crippen molar-refractivity contribution in [3.63, 3.8) is 0 Å². The molecule has 0 aromatic heterocycles. The molecule has 2 atom stereocenters. The molecule has 0 spiro atoms. The summed E-state index contributed by atoms with van der Waals surface area (Å²) in [6.07, 6.45) is 6.83. The van der Waals surface area contributed by atoms with Gasteiger partial charge in [0, 0.05) is 57.4 Å². The molecule has 29 heavy (non-hydrogen) atoms. The second-order valence-corrected chi connectivity index (χ2v) is 8.50. The first-order chi connectivity index (χ1) is 14.1. The van der Waals surface area contributed by atoms with Gasteiger partial charge in [0.2, 0.25) is 5.91 Å². The first-order valence-corrected chi connectivity index (χ1v) is 11.1. The van der Waals surface area contributed by atoms with Crippen molar-refractivity contribution in [1.82, 2.24) is 15.5 Å². The van der Waals surface area contributed by atoms with E-state index >= 15 is 0 Å². The van der Waals surface area contributed by atoms with Crippen LogP contribution in [-0.4, -0.2) is 62.6 Å². The molecule has 2 fully saturated rings. The maximum Gasteiger partial charge on any atom is 0.225 e. The lowest BCUT2D eigenvalue weighted by molar-refractivity contribution is -0.135. The van der Waals surface area contributed by atoms with Gasteiger partial charge in [-0.05, 0) is 38.3 Å². The Morgan fingerprint density at radius 1 is 1.21 bits per heavy atom. The monoisotopic (exact) mass is 399 g/mol. The minimum absolute atomic E-state index is 0.259. The smallest absolute Gasteiger partial charge is 0.225 e. The van der Waals surface area contributed by atoms with Crippen LogP contribution in [0.1, 0.15) is 45.4 Å². The molecule has 0 bridgehead atoms. The average molecular weight is 400 g/mol. The second-order valence-electron chi connectivity index (χ2n) is 8.50. The molecule has 2 aliphatic rings. The van der Waals surface area contributed by atoms with Crippen LogP contribution in [0.2, 0.25) is 0 Å². The van der Waals surface area contributed by atoms with Gasteiger partial charge in [0.05, 0.1) is 0 Å². The highest BCUT2D eigenvalue weighted by molar-refractivity contribution is 5.81. The summed E-state index contributed by atoms with van der Waals surface area (Å²) in [5.74, 6) is 1.44. The molecule has 1 heterocycles. The summed E-state index contributed by atoms with van der Waals surface area (Å²) < 4.78 is 0. The van der Waals surface area contributed by atoms with E-state index in [-0.39, 0.29) is 12.0 Å². The van der Waals surface area contributed by atoms with Crippen molar-refractivity contribution in [2.45, 2.75) is 57.5 Å². The molecule has 2 N–H and O–H groups in total. The van der Waals surface area contributed by atoms with Crippen LogP contribution in [0.15, 0.2) is 35.3 Å². The van der Waals surface area contributed by atoms with Gasteiger partial charge in [-0.15, -0.1) is 0 Å². The Hall–Kier alpha value is -2.24. The Morgan fingerprint density at radius 3 is 2.62 bits per heavy atom. The number of anilines is 1. The minimum Gasteiger partial charge on any atom is -0.370 e. The lowest BCUT2D eigenvalue weighted by Gasteiger charge is -2.28. The number of nitrogens with zero attached hydrogens (tertiary/aromatic N) is 3. The number of hydrogen-bond acceptors (Lipinski definition) is 3. The van der Waals surface area contributed by atoms with E-state index in [4.69, 9.17) is 0 Å². The van der Waals surface area contributed by atoms with Crippen LogP contribution >= 0.6 is 0 Å². The maximum absolute atomic E-state index is 12.8. The molecule has 6 nitrogen and oxygen atoms in total. The average Bonchev–Trinajstić information content (AvgIpc) is 3.25. The molecule has 1 aromatic rings. The topological polar surface area (TPSA) is 60.0 Å². The maximum atomic E-state index is 12.8. The Labute approximate surface area is 175 Å². The standard InChI is InChI=1S/C23H37N5O/c1-18(27(3)21-12-8-5-9-13-21)16-25-23(24-2)26-20-14-15-28(17-20)22(29)19-10-6-4-7-11-19/h5,8-9,12-13,18-20H,4,6-7,10-11,14-17H2,1-3H3,(H2,24,25,26). The summed E-state index contributed by atoms with van der Waals surface area (Å²) >= 11 is 0. The van der Waals surface area contributed by atoms with E-state index in [9.17, 15) is 4.79 Å². The van der Waals surface area contributed by atoms with Gasteiger partial charge in [-0.2, -0.15) is 0 Å². The SMILES string of the molecule is CN=C(NCC(C)N(C)c1ccccc1)NC1CCN(C(=O)C2CCCCC2)C1. The van der Waals surface area contributed by atoms with Crippen molar-refractivity contribution < 1.29 is 4.79 Å². The molecule has 3 rings (SSSR count). The van der Waals surface area contributed by atoms with E-state index in [1.807, 2.05) is 6.07 Å². The summed E-state index contributed by atoms with van der Waals surface area (Å²) in [6.45, 7) is 4.64. The lowest BCUT2D eigenvalue weighted by Crippen LogP contribution is -2.49. The zero-order valence-corrected chi connectivity index (χ0v) is 18.2. The van der Waals surface area contributed by atoms with Gasteiger partial charge in [-0.1, -0.05) is 37.5 Å². The van der Waals surface area contributed by atoms with E-state index in [1.165, 1.54) is 24.9 Å². The van der Waals surface area contributed by atoms with Crippen LogP contribution in [0.25, 0.3) is 0 Å². The third kappa shape index (κ3) is 5.87. The largest absolute Gasteiger partial charge is 0.370 e. The molecular weight excluding hydrogens is 362 g/mol. The second kappa shape index (κ2) is 10.5. The van der Waals surface area contributed by atoms with Gasteiger partial charge < -0.3 is 20.4 Å². The number of para-hydroxylation sites is 1. The molecule has 160 valence electrons. The number of aliphatic imine (C=N–C) groups is 1. The molecule has 1 aliphatic heterocycles.